The fourth-order valence-corrected chi connectivity index (χ4v) is 2.87. The molecule has 1 aliphatic heterocycles. The Morgan fingerprint density at radius 1 is 1.50 bits per heavy atom. The van der Waals surface area contributed by atoms with E-state index in [0.29, 0.717) is 30.0 Å². The third kappa shape index (κ3) is 4.44. The molecule has 0 saturated carbocycles. The van der Waals surface area contributed by atoms with Crippen LogP contribution in [0.25, 0.3) is 11.1 Å². The number of nitrogens with one attached hydrogen (secondary N) is 2. The summed E-state index contributed by atoms with van der Waals surface area (Å²) in [5, 5.41) is 22.3. The van der Waals surface area contributed by atoms with Gasteiger partial charge < -0.3 is 20.2 Å². The van der Waals surface area contributed by atoms with E-state index in [1.165, 1.54) is 19.4 Å². The lowest BCUT2D eigenvalue weighted by atomic mass is 10.0. The predicted molar refractivity (Wildman–Crippen MR) is 106 cm³/mol. The van der Waals surface area contributed by atoms with E-state index in [-0.39, 0.29) is 17.7 Å². The molecule has 1 saturated heterocycles. The molecule has 2 heterocycles. The zero-order chi connectivity index (χ0) is 21.7. The molecule has 10 nitrogen and oxygen atoms in total. The Kier molecular flexibility index (Phi) is 6.07. The second-order valence-corrected chi connectivity index (χ2v) is 6.30. The lowest BCUT2D eigenvalue weighted by Gasteiger charge is -2.33. The lowest BCUT2D eigenvalue weighted by Crippen LogP contribution is -2.48. The van der Waals surface area contributed by atoms with E-state index in [0.717, 1.165) is 5.71 Å². The molecule has 1 aliphatic rings. The van der Waals surface area contributed by atoms with Crippen LogP contribution in [-0.4, -0.2) is 42.9 Å². The zero-order valence-electron chi connectivity index (χ0n) is 16.0. The van der Waals surface area contributed by atoms with Crippen molar-refractivity contribution in [2.75, 3.05) is 25.1 Å². The first-order chi connectivity index (χ1) is 14.4. The molecule has 11 heteroatoms. The molecule has 1 aromatic heterocycles. The van der Waals surface area contributed by atoms with Crippen LogP contribution >= 0.6 is 0 Å². The number of rotatable bonds is 5. The zero-order valence-corrected chi connectivity index (χ0v) is 16.0. The lowest BCUT2D eigenvalue weighted by molar-refractivity contribution is 0.143. The van der Waals surface area contributed by atoms with Crippen LogP contribution in [-0.2, 0) is 16.2 Å². The monoisotopic (exact) mass is 411 g/mol. The van der Waals surface area contributed by atoms with Gasteiger partial charge in [0.2, 0.25) is 0 Å². The number of anilines is 1. The molecule has 0 spiro atoms. The molecule has 4 N–H and O–H groups in total. The van der Waals surface area contributed by atoms with Crippen molar-refractivity contribution in [1.82, 2.24) is 10.3 Å². The Balaban J connectivity index is 1.81. The maximum Gasteiger partial charge on any atom is 0.414 e. The number of carbonyl (C=O) groups is 1. The van der Waals surface area contributed by atoms with Gasteiger partial charge in [0.25, 0.3) is 0 Å². The summed E-state index contributed by atoms with van der Waals surface area (Å²) in [5.74, 6) is -0.700. The largest absolute Gasteiger partial charge is 0.444 e. The highest BCUT2D eigenvalue weighted by molar-refractivity contribution is 5.99. The SMILES string of the molecule is CON=C1CN(c2ncc(-c3cccc(COC(=O)NC(=N)N)c3F)cc2C#N)C1. The van der Waals surface area contributed by atoms with Crippen LogP contribution in [0.3, 0.4) is 0 Å². The van der Waals surface area contributed by atoms with Crippen LogP contribution < -0.4 is 16.0 Å². The minimum absolute atomic E-state index is 0.122. The molecular weight excluding hydrogens is 393 g/mol. The molecule has 0 unspecified atom stereocenters. The molecule has 1 amide bonds. The average Bonchev–Trinajstić information content (AvgIpc) is 2.69. The van der Waals surface area contributed by atoms with Gasteiger partial charge in [-0.25, -0.2) is 14.2 Å². The molecule has 0 atom stereocenters. The predicted octanol–water partition coefficient (Wildman–Crippen LogP) is 1.70. The molecule has 0 bridgehead atoms. The van der Waals surface area contributed by atoms with Gasteiger partial charge in [-0.2, -0.15) is 5.26 Å². The summed E-state index contributed by atoms with van der Waals surface area (Å²) in [6.07, 6.45) is 0.517. The molecule has 1 aromatic carbocycles. The number of carbonyl (C=O) groups excluding carboxylic acids is 1. The van der Waals surface area contributed by atoms with Crippen molar-refractivity contribution < 1.29 is 18.8 Å². The van der Waals surface area contributed by atoms with E-state index < -0.39 is 17.9 Å². The summed E-state index contributed by atoms with van der Waals surface area (Å²) in [5.41, 5.74) is 6.91. The van der Waals surface area contributed by atoms with Gasteiger partial charge >= 0.3 is 6.09 Å². The quantitative estimate of drug-likeness (QED) is 0.385. The average molecular weight is 411 g/mol. The van der Waals surface area contributed by atoms with Crippen molar-refractivity contribution in [3.8, 4) is 17.2 Å². The summed E-state index contributed by atoms with van der Waals surface area (Å²) in [7, 11) is 1.47. The maximum atomic E-state index is 14.9. The molecule has 154 valence electrons. The number of halogens is 1. The topological polar surface area (TPSA) is 150 Å². The maximum absolute atomic E-state index is 14.9. The summed E-state index contributed by atoms with van der Waals surface area (Å²) >= 11 is 0. The van der Waals surface area contributed by atoms with E-state index in [1.54, 1.807) is 18.2 Å². The molecular formula is C19H18FN7O3. The number of guanidine groups is 1. The smallest absolute Gasteiger partial charge is 0.414 e. The van der Waals surface area contributed by atoms with E-state index in [2.05, 4.69) is 16.2 Å². The molecule has 0 radical (unpaired) electrons. The number of aromatic nitrogens is 1. The van der Waals surface area contributed by atoms with Gasteiger partial charge in [0.1, 0.15) is 31.4 Å². The Bertz CT molecular complexity index is 1060. The first-order valence-corrected chi connectivity index (χ1v) is 8.72. The highest BCUT2D eigenvalue weighted by Gasteiger charge is 2.26. The number of nitrogens with two attached hydrogens (primary N) is 1. The second-order valence-electron chi connectivity index (χ2n) is 6.30. The summed E-state index contributed by atoms with van der Waals surface area (Å²) in [6.45, 7) is 0.640. The second kappa shape index (κ2) is 8.87. The number of ether oxygens (including phenoxy) is 1. The first-order valence-electron chi connectivity index (χ1n) is 8.72. The van der Waals surface area contributed by atoms with Gasteiger partial charge in [-0.3, -0.25) is 10.7 Å². The van der Waals surface area contributed by atoms with Crippen LogP contribution in [0, 0.1) is 22.6 Å². The molecule has 2 aromatic rings. The van der Waals surface area contributed by atoms with Gasteiger partial charge in [0, 0.05) is 22.9 Å². The van der Waals surface area contributed by atoms with Gasteiger partial charge in [-0.1, -0.05) is 23.4 Å². The van der Waals surface area contributed by atoms with Crippen molar-refractivity contribution in [2.45, 2.75) is 6.61 Å². The number of nitriles is 1. The van der Waals surface area contributed by atoms with Crippen LogP contribution in [0.5, 0.6) is 0 Å². The van der Waals surface area contributed by atoms with Crippen molar-refractivity contribution in [3.63, 3.8) is 0 Å². The first kappa shape index (κ1) is 20.5. The van der Waals surface area contributed by atoms with E-state index in [1.807, 2.05) is 10.2 Å². The number of amides is 1. The number of nitrogens with zero attached hydrogens (tertiary/aromatic N) is 4. The summed E-state index contributed by atoms with van der Waals surface area (Å²) in [6, 6.07) is 8.24. The Hall–Kier alpha value is -4.20. The van der Waals surface area contributed by atoms with Crippen molar-refractivity contribution in [3.05, 3.63) is 47.4 Å². The highest BCUT2D eigenvalue weighted by atomic mass is 19.1. The molecule has 30 heavy (non-hydrogen) atoms. The van der Waals surface area contributed by atoms with E-state index >= 15 is 0 Å². The van der Waals surface area contributed by atoms with Gasteiger partial charge in [-0.05, 0) is 6.07 Å². The number of oxime groups is 1. The van der Waals surface area contributed by atoms with E-state index in [9.17, 15) is 14.4 Å². The number of hydrogen-bond acceptors (Lipinski definition) is 8. The third-order valence-corrected chi connectivity index (χ3v) is 4.24. The van der Waals surface area contributed by atoms with Crippen molar-refractivity contribution >= 4 is 23.6 Å². The Labute approximate surface area is 171 Å². The van der Waals surface area contributed by atoms with Gasteiger partial charge in [-0.15, -0.1) is 0 Å². The molecule has 1 fully saturated rings. The van der Waals surface area contributed by atoms with Crippen LogP contribution in [0.4, 0.5) is 15.0 Å². The minimum atomic E-state index is -0.962. The van der Waals surface area contributed by atoms with Crippen LogP contribution in [0.15, 0.2) is 35.6 Å². The molecule has 3 rings (SSSR count). The number of alkyl carbamates (subject to hydrolysis) is 1. The van der Waals surface area contributed by atoms with Gasteiger partial charge in [0.15, 0.2) is 5.96 Å². The van der Waals surface area contributed by atoms with Crippen molar-refractivity contribution in [2.24, 2.45) is 10.9 Å². The fraction of sp³-hybridized carbons (Fsp3) is 0.211. The number of benzene rings is 1. The summed E-state index contributed by atoms with van der Waals surface area (Å²) in [4.78, 5) is 22.3. The minimum Gasteiger partial charge on any atom is -0.444 e. The number of pyridine rings is 1. The van der Waals surface area contributed by atoms with Crippen LogP contribution in [0.2, 0.25) is 0 Å². The van der Waals surface area contributed by atoms with Gasteiger partial charge in [0.05, 0.1) is 24.4 Å². The molecule has 0 aliphatic carbocycles. The standard InChI is InChI=1S/C19H18FN7O3/c1-29-26-14-8-27(9-14)17-12(6-21)5-13(7-24-17)15-4-2-3-11(16(15)20)10-30-19(28)25-18(22)23/h2-5,7H,8-10H2,1H3,(H4,22,23,25,28). The summed E-state index contributed by atoms with van der Waals surface area (Å²) < 4.78 is 19.8. The van der Waals surface area contributed by atoms with E-state index in [4.69, 9.17) is 20.7 Å². The van der Waals surface area contributed by atoms with Crippen LogP contribution in [0.1, 0.15) is 11.1 Å². The third-order valence-electron chi connectivity index (χ3n) is 4.24. The number of hydrogen-bond donors (Lipinski definition) is 3. The fourth-order valence-electron chi connectivity index (χ4n) is 2.87. The normalized spacial score (nSPS) is 12.4. The Morgan fingerprint density at radius 3 is 2.93 bits per heavy atom. The van der Waals surface area contributed by atoms with Crippen molar-refractivity contribution in [1.29, 1.82) is 10.7 Å². The Morgan fingerprint density at radius 2 is 2.27 bits per heavy atom. The highest BCUT2D eigenvalue weighted by Crippen LogP contribution is 2.29.